The summed E-state index contributed by atoms with van der Waals surface area (Å²) >= 11 is 6.69. The van der Waals surface area contributed by atoms with E-state index in [2.05, 4.69) is 12.1 Å². The zero-order chi connectivity index (χ0) is 22.2. The van der Waals surface area contributed by atoms with E-state index in [0.29, 0.717) is 33.9 Å². The van der Waals surface area contributed by atoms with E-state index in [4.69, 9.17) is 26.8 Å². The molecule has 1 aliphatic rings. The van der Waals surface area contributed by atoms with Gasteiger partial charge in [0.1, 0.15) is 4.32 Å². The predicted octanol–water partition coefficient (Wildman–Crippen LogP) is 4.38. The van der Waals surface area contributed by atoms with E-state index in [1.807, 2.05) is 25.1 Å². The number of carboxylic acid groups (broad SMARTS) is 1. The smallest absolute Gasteiger partial charge is 0.341 e. The van der Waals surface area contributed by atoms with Gasteiger partial charge in [-0.25, -0.2) is 4.79 Å². The molecule has 3 rings (SSSR count). The van der Waals surface area contributed by atoms with Crippen molar-refractivity contribution in [2.75, 3.05) is 19.8 Å². The molecule has 1 fully saturated rings. The lowest BCUT2D eigenvalue weighted by Gasteiger charge is -2.14. The molecule has 1 saturated heterocycles. The molecule has 0 atom stereocenters. The van der Waals surface area contributed by atoms with Crippen LogP contribution in [0.2, 0.25) is 0 Å². The molecule has 0 radical (unpaired) electrons. The standard InChI is InChI=1S/C23H23NO5S2/c1-2-28-19-13-17(10-11-18(19)29-15-21(25)26)14-20-22(27)24(23(30)31-20)12-6-9-16-7-4-3-5-8-16/h3-5,7-8,10-11,13-14H,2,6,9,12,15H2,1H3,(H,25,26)/b20-14-. The minimum Gasteiger partial charge on any atom is -0.490 e. The first-order valence-corrected chi connectivity index (χ1v) is 11.1. The van der Waals surface area contributed by atoms with Crippen molar-refractivity contribution in [3.05, 3.63) is 64.6 Å². The average Bonchev–Trinajstić information content (AvgIpc) is 3.01. The van der Waals surface area contributed by atoms with E-state index in [9.17, 15) is 9.59 Å². The van der Waals surface area contributed by atoms with Crippen LogP contribution in [0.1, 0.15) is 24.5 Å². The number of hydrogen-bond acceptors (Lipinski definition) is 6. The minimum atomic E-state index is -1.07. The first-order chi connectivity index (χ1) is 15.0. The van der Waals surface area contributed by atoms with Gasteiger partial charge in [-0.1, -0.05) is 60.4 Å². The van der Waals surface area contributed by atoms with Crippen LogP contribution in [0.15, 0.2) is 53.4 Å². The number of carboxylic acids is 1. The molecule has 162 valence electrons. The lowest BCUT2D eigenvalue weighted by atomic mass is 10.1. The van der Waals surface area contributed by atoms with Gasteiger partial charge in [0.05, 0.1) is 11.5 Å². The second-order valence-corrected chi connectivity index (χ2v) is 8.42. The zero-order valence-electron chi connectivity index (χ0n) is 17.1. The molecule has 0 spiro atoms. The Morgan fingerprint density at radius 3 is 2.65 bits per heavy atom. The number of carbonyl (C=O) groups excluding carboxylic acids is 1. The average molecular weight is 458 g/mol. The molecule has 0 aliphatic carbocycles. The number of aliphatic carboxylic acids is 1. The van der Waals surface area contributed by atoms with Crippen molar-refractivity contribution in [2.45, 2.75) is 19.8 Å². The van der Waals surface area contributed by atoms with Crippen molar-refractivity contribution in [3.8, 4) is 11.5 Å². The van der Waals surface area contributed by atoms with Crippen molar-refractivity contribution < 1.29 is 24.2 Å². The fraction of sp³-hybridized carbons (Fsp3) is 0.261. The van der Waals surface area contributed by atoms with Crippen LogP contribution in [-0.2, 0) is 16.0 Å². The molecule has 2 aromatic rings. The van der Waals surface area contributed by atoms with Gasteiger partial charge >= 0.3 is 5.97 Å². The number of nitrogens with zero attached hydrogens (tertiary/aromatic N) is 1. The summed E-state index contributed by atoms with van der Waals surface area (Å²) in [6.07, 6.45) is 3.47. The number of aryl methyl sites for hydroxylation is 1. The maximum absolute atomic E-state index is 12.8. The SMILES string of the molecule is CCOc1cc(/C=C2\SC(=S)N(CCCc3ccccc3)C2=O)ccc1OCC(=O)O. The third-order valence-electron chi connectivity index (χ3n) is 4.48. The number of benzene rings is 2. The second-order valence-electron chi connectivity index (χ2n) is 6.74. The molecule has 0 aromatic heterocycles. The number of hydrogen-bond donors (Lipinski definition) is 1. The fourth-order valence-corrected chi connectivity index (χ4v) is 4.38. The van der Waals surface area contributed by atoms with Crippen LogP contribution in [0, 0.1) is 0 Å². The van der Waals surface area contributed by atoms with Crippen molar-refractivity contribution in [1.82, 2.24) is 4.90 Å². The molecule has 1 aliphatic heterocycles. The maximum atomic E-state index is 12.8. The molecule has 0 saturated carbocycles. The summed E-state index contributed by atoms with van der Waals surface area (Å²) in [4.78, 5) is 25.8. The predicted molar refractivity (Wildman–Crippen MR) is 125 cm³/mol. The number of ether oxygens (including phenoxy) is 2. The maximum Gasteiger partial charge on any atom is 0.341 e. The minimum absolute atomic E-state index is 0.104. The summed E-state index contributed by atoms with van der Waals surface area (Å²) in [7, 11) is 0. The summed E-state index contributed by atoms with van der Waals surface area (Å²) in [5.41, 5.74) is 1.98. The number of carbonyl (C=O) groups is 2. The van der Waals surface area contributed by atoms with Gasteiger partial charge in [0, 0.05) is 6.54 Å². The molecule has 8 heteroatoms. The molecule has 0 bridgehead atoms. The van der Waals surface area contributed by atoms with Crippen molar-refractivity contribution in [1.29, 1.82) is 0 Å². The van der Waals surface area contributed by atoms with Gasteiger partial charge in [-0.15, -0.1) is 0 Å². The summed E-state index contributed by atoms with van der Waals surface area (Å²) in [5.74, 6) is -0.402. The fourth-order valence-electron chi connectivity index (χ4n) is 3.07. The Morgan fingerprint density at radius 2 is 1.94 bits per heavy atom. The Balaban J connectivity index is 1.68. The quantitative estimate of drug-likeness (QED) is 0.419. The first kappa shape index (κ1) is 22.8. The molecule has 1 heterocycles. The summed E-state index contributed by atoms with van der Waals surface area (Å²) in [6.45, 7) is 2.34. The Labute approximate surface area is 190 Å². The van der Waals surface area contributed by atoms with Crippen LogP contribution in [0.25, 0.3) is 6.08 Å². The van der Waals surface area contributed by atoms with Gasteiger partial charge in [0.2, 0.25) is 0 Å². The number of rotatable bonds is 10. The summed E-state index contributed by atoms with van der Waals surface area (Å²) < 4.78 is 11.4. The Bertz CT molecular complexity index is 991. The first-order valence-electron chi connectivity index (χ1n) is 9.88. The highest BCUT2D eigenvalue weighted by Gasteiger charge is 2.31. The van der Waals surface area contributed by atoms with Crippen LogP contribution < -0.4 is 9.47 Å². The lowest BCUT2D eigenvalue weighted by Crippen LogP contribution is -2.29. The molecule has 0 unspecified atom stereocenters. The highest BCUT2D eigenvalue weighted by Crippen LogP contribution is 2.35. The van der Waals surface area contributed by atoms with Gasteiger partial charge in [-0.3, -0.25) is 9.69 Å². The Morgan fingerprint density at radius 1 is 1.16 bits per heavy atom. The van der Waals surface area contributed by atoms with Gasteiger partial charge in [0.25, 0.3) is 5.91 Å². The van der Waals surface area contributed by atoms with E-state index in [-0.39, 0.29) is 5.91 Å². The van der Waals surface area contributed by atoms with Gasteiger partial charge in [-0.05, 0) is 49.1 Å². The summed E-state index contributed by atoms with van der Waals surface area (Å²) in [5, 5.41) is 8.81. The molecule has 2 aromatic carbocycles. The molecule has 1 N–H and O–H groups in total. The highest BCUT2D eigenvalue weighted by atomic mass is 32.2. The van der Waals surface area contributed by atoms with Crippen molar-refractivity contribution >= 4 is 46.3 Å². The second kappa shape index (κ2) is 11.0. The van der Waals surface area contributed by atoms with Crippen molar-refractivity contribution in [3.63, 3.8) is 0 Å². The molecular formula is C23H23NO5S2. The lowest BCUT2D eigenvalue weighted by molar-refractivity contribution is -0.139. The van der Waals surface area contributed by atoms with Crippen LogP contribution >= 0.6 is 24.0 Å². The third-order valence-corrected chi connectivity index (χ3v) is 5.86. The van der Waals surface area contributed by atoms with E-state index in [0.717, 1.165) is 18.4 Å². The van der Waals surface area contributed by atoms with E-state index >= 15 is 0 Å². The molecular weight excluding hydrogens is 434 g/mol. The number of amides is 1. The Kier molecular flexibility index (Phi) is 8.08. The van der Waals surface area contributed by atoms with Crippen LogP contribution in [0.3, 0.4) is 0 Å². The third kappa shape index (κ3) is 6.32. The van der Waals surface area contributed by atoms with Crippen LogP contribution in [0.5, 0.6) is 11.5 Å². The largest absolute Gasteiger partial charge is 0.490 e. The zero-order valence-corrected chi connectivity index (χ0v) is 18.7. The van der Waals surface area contributed by atoms with Crippen molar-refractivity contribution in [2.24, 2.45) is 0 Å². The number of thiocarbonyl (C=S) groups is 1. The van der Waals surface area contributed by atoms with Crippen LogP contribution in [0.4, 0.5) is 0 Å². The van der Waals surface area contributed by atoms with E-state index in [1.54, 1.807) is 29.2 Å². The van der Waals surface area contributed by atoms with E-state index in [1.165, 1.54) is 17.3 Å². The molecule has 6 nitrogen and oxygen atoms in total. The molecule has 1 amide bonds. The monoisotopic (exact) mass is 457 g/mol. The highest BCUT2D eigenvalue weighted by molar-refractivity contribution is 8.26. The van der Waals surface area contributed by atoms with Gasteiger partial charge < -0.3 is 14.6 Å². The Hall–Kier alpha value is -2.84. The topological polar surface area (TPSA) is 76.1 Å². The number of thioether (sulfide) groups is 1. The summed E-state index contributed by atoms with van der Waals surface area (Å²) in [6, 6.07) is 15.3. The molecule has 31 heavy (non-hydrogen) atoms. The van der Waals surface area contributed by atoms with Gasteiger partial charge in [-0.2, -0.15) is 0 Å². The van der Waals surface area contributed by atoms with E-state index < -0.39 is 12.6 Å². The van der Waals surface area contributed by atoms with Gasteiger partial charge in [0.15, 0.2) is 18.1 Å². The van der Waals surface area contributed by atoms with Crippen LogP contribution in [-0.4, -0.2) is 46.0 Å². The normalized spacial score (nSPS) is 14.9.